The molecule has 0 rings (SSSR count). The maximum atomic E-state index is 9.16. The molecular weight excluding hydrogens is 152 g/mol. The van der Waals surface area contributed by atoms with Crippen LogP contribution >= 0.6 is 0 Å². The highest BCUT2D eigenvalue weighted by atomic mass is 16.5. The standard InChI is InChI=1S/C10H22O2/c1-5-6-7-12-10(3,4)8-9(2)11/h9,11H,5-8H2,1-4H3. The smallest absolute Gasteiger partial charge is 0.0651 e. The van der Waals surface area contributed by atoms with Gasteiger partial charge in [0, 0.05) is 13.0 Å². The molecule has 1 atom stereocenters. The summed E-state index contributed by atoms with van der Waals surface area (Å²) in [4.78, 5) is 0. The van der Waals surface area contributed by atoms with E-state index in [9.17, 15) is 0 Å². The van der Waals surface area contributed by atoms with E-state index in [0.29, 0.717) is 6.42 Å². The van der Waals surface area contributed by atoms with Crippen molar-refractivity contribution in [2.75, 3.05) is 6.61 Å². The van der Waals surface area contributed by atoms with Gasteiger partial charge in [-0.2, -0.15) is 0 Å². The summed E-state index contributed by atoms with van der Waals surface area (Å²) in [6, 6.07) is 0. The van der Waals surface area contributed by atoms with E-state index >= 15 is 0 Å². The lowest BCUT2D eigenvalue weighted by atomic mass is 10.0. The van der Waals surface area contributed by atoms with Crippen LogP contribution in [-0.2, 0) is 4.74 Å². The van der Waals surface area contributed by atoms with Gasteiger partial charge in [0.25, 0.3) is 0 Å². The van der Waals surface area contributed by atoms with Gasteiger partial charge >= 0.3 is 0 Å². The van der Waals surface area contributed by atoms with Gasteiger partial charge in [-0.1, -0.05) is 13.3 Å². The molecule has 0 fully saturated rings. The van der Waals surface area contributed by atoms with Crippen molar-refractivity contribution >= 4 is 0 Å². The molecule has 0 saturated carbocycles. The zero-order chi connectivity index (χ0) is 9.61. The van der Waals surface area contributed by atoms with E-state index in [1.165, 1.54) is 0 Å². The van der Waals surface area contributed by atoms with Crippen molar-refractivity contribution in [1.29, 1.82) is 0 Å². The average Bonchev–Trinajstić information content (AvgIpc) is 1.84. The van der Waals surface area contributed by atoms with E-state index in [1.807, 2.05) is 13.8 Å². The summed E-state index contributed by atoms with van der Waals surface area (Å²) in [6.07, 6.45) is 2.69. The van der Waals surface area contributed by atoms with Crippen LogP contribution < -0.4 is 0 Å². The van der Waals surface area contributed by atoms with Crippen LogP contribution in [-0.4, -0.2) is 23.4 Å². The van der Waals surface area contributed by atoms with E-state index in [4.69, 9.17) is 9.84 Å². The molecular formula is C10H22O2. The van der Waals surface area contributed by atoms with Crippen molar-refractivity contribution < 1.29 is 9.84 Å². The second-order valence-electron chi connectivity index (χ2n) is 4.01. The molecule has 0 bridgehead atoms. The van der Waals surface area contributed by atoms with Crippen molar-refractivity contribution in [2.45, 2.75) is 58.7 Å². The van der Waals surface area contributed by atoms with Gasteiger partial charge in [0.05, 0.1) is 11.7 Å². The highest BCUT2D eigenvalue weighted by Gasteiger charge is 2.20. The largest absolute Gasteiger partial charge is 0.393 e. The second kappa shape index (κ2) is 5.55. The van der Waals surface area contributed by atoms with Crippen molar-refractivity contribution in [3.8, 4) is 0 Å². The minimum atomic E-state index is -0.276. The lowest BCUT2D eigenvalue weighted by Gasteiger charge is -2.26. The van der Waals surface area contributed by atoms with Crippen LogP contribution in [0.5, 0.6) is 0 Å². The third-order valence-corrected chi connectivity index (χ3v) is 1.78. The molecule has 12 heavy (non-hydrogen) atoms. The zero-order valence-electron chi connectivity index (χ0n) is 8.76. The Hall–Kier alpha value is -0.0800. The summed E-state index contributed by atoms with van der Waals surface area (Å²) in [6.45, 7) is 8.79. The summed E-state index contributed by atoms with van der Waals surface area (Å²) in [5.41, 5.74) is -0.177. The molecule has 0 radical (unpaired) electrons. The van der Waals surface area contributed by atoms with Gasteiger partial charge in [0.1, 0.15) is 0 Å². The molecule has 0 aliphatic rings. The van der Waals surface area contributed by atoms with Gasteiger partial charge in [0.2, 0.25) is 0 Å². The van der Waals surface area contributed by atoms with Crippen LogP contribution in [0.2, 0.25) is 0 Å². The fraction of sp³-hybridized carbons (Fsp3) is 1.00. The Morgan fingerprint density at radius 1 is 1.42 bits per heavy atom. The summed E-state index contributed by atoms with van der Waals surface area (Å²) in [7, 11) is 0. The van der Waals surface area contributed by atoms with Crippen molar-refractivity contribution in [1.82, 2.24) is 0 Å². The first-order valence-corrected chi connectivity index (χ1v) is 4.80. The Kier molecular flexibility index (Phi) is 5.51. The van der Waals surface area contributed by atoms with Crippen molar-refractivity contribution in [3.63, 3.8) is 0 Å². The number of aliphatic hydroxyl groups is 1. The quantitative estimate of drug-likeness (QED) is 0.626. The molecule has 0 aromatic heterocycles. The molecule has 0 aliphatic carbocycles. The van der Waals surface area contributed by atoms with Gasteiger partial charge in [-0.05, 0) is 27.2 Å². The van der Waals surface area contributed by atoms with Crippen LogP contribution in [0.1, 0.15) is 47.0 Å². The monoisotopic (exact) mass is 174 g/mol. The molecule has 74 valence electrons. The lowest BCUT2D eigenvalue weighted by molar-refractivity contribution is -0.0470. The Bertz CT molecular complexity index is 108. The summed E-state index contributed by atoms with van der Waals surface area (Å²) >= 11 is 0. The van der Waals surface area contributed by atoms with Gasteiger partial charge in [-0.15, -0.1) is 0 Å². The van der Waals surface area contributed by atoms with Crippen molar-refractivity contribution in [2.24, 2.45) is 0 Å². The third-order valence-electron chi connectivity index (χ3n) is 1.78. The maximum Gasteiger partial charge on any atom is 0.0651 e. The van der Waals surface area contributed by atoms with Crippen LogP contribution in [0.15, 0.2) is 0 Å². The molecule has 2 heteroatoms. The van der Waals surface area contributed by atoms with Crippen LogP contribution in [0.4, 0.5) is 0 Å². The first-order chi connectivity index (χ1) is 5.48. The maximum absolute atomic E-state index is 9.16. The van der Waals surface area contributed by atoms with E-state index in [-0.39, 0.29) is 11.7 Å². The number of ether oxygens (including phenoxy) is 1. The van der Waals surface area contributed by atoms with Crippen molar-refractivity contribution in [3.05, 3.63) is 0 Å². The van der Waals surface area contributed by atoms with Crippen LogP contribution in [0.25, 0.3) is 0 Å². The molecule has 1 unspecified atom stereocenters. The number of hydrogen-bond donors (Lipinski definition) is 1. The second-order valence-corrected chi connectivity index (χ2v) is 4.01. The van der Waals surface area contributed by atoms with E-state index < -0.39 is 0 Å². The fourth-order valence-electron chi connectivity index (χ4n) is 1.26. The average molecular weight is 174 g/mol. The Morgan fingerprint density at radius 2 is 2.00 bits per heavy atom. The molecule has 2 nitrogen and oxygen atoms in total. The topological polar surface area (TPSA) is 29.5 Å². The summed E-state index contributed by atoms with van der Waals surface area (Å²) in [5, 5.41) is 9.16. The molecule has 0 heterocycles. The highest BCUT2D eigenvalue weighted by Crippen LogP contribution is 2.17. The molecule has 0 aromatic carbocycles. The van der Waals surface area contributed by atoms with Crippen LogP contribution in [0, 0.1) is 0 Å². The Balaban J connectivity index is 3.56. The molecule has 0 aliphatic heterocycles. The van der Waals surface area contributed by atoms with Crippen LogP contribution in [0.3, 0.4) is 0 Å². The summed E-state index contributed by atoms with van der Waals surface area (Å²) < 4.78 is 5.62. The highest BCUT2D eigenvalue weighted by molar-refractivity contribution is 4.71. The predicted molar refractivity (Wildman–Crippen MR) is 51.2 cm³/mol. The first-order valence-electron chi connectivity index (χ1n) is 4.80. The Morgan fingerprint density at radius 3 is 2.42 bits per heavy atom. The molecule has 0 saturated heterocycles. The summed E-state index contributed by atoms with van der Waals surface area (Å²) in [5.74, 6) is 0. The third kappa shape index (κ3) is 6.62. The van der Waals surface area contributed by atoms with Gasteiger partial charge < -0.3 is 9.84 Å². The SMILES string of the molecule is CCCCOC(C)(C)CC(C)O. The molecule has 0 spiro atoms. The van der Waals surface area contributed by atoms with E-state index in [0.717, 1.165) is 19.4 Å². The number of hydrogen-bond acceptors (Lipinski definition) is 2. The molecule has 0 amide bonds. The molecule has 1 N–H and O–H groups in total. The number of unbranched alkanes of at least 4 members (excludes halogenated alkanes) is 1. The van der Waals surface area contributed by atoms with E-state index in [2.05, 4.69) is 6.92 Å². The zero-order valence-corrected chi connectivity index (χ0v) is 8.76. The number of aliphatic hydroxyl groups excluding tert-OH is 1. The minimum absolute atomic E-state index is 0.177. The van der Waals surface area contributed by atoms with E-state index in [1.54, 1.807) is 6.92 Å². The predicted octanol–water partition coefficient (Wildman–Crippen LogP) is 2.35. The molecule has 0 aromatic rings. The minimum Gasteiger partial charge on any atom is -0.393 e. The number of rotatable bonds is 6. The van der Waals surface area contributed by atoms with Gasteiger partial charge in [-0.25, -0.2) is 0 Å². The van der Waals surface area contributed by atoms with Gasteiger partial charge in [0.15, 0.2) is 0 Å². The lowest BCUT2D eigenvalue weighted by Crippen LogP contribution is -2.29. The van der Waals surface area contributed by atoms with Gasteiger partial charge in [-0.3, -0.25) is 0 Å². The first kappa shape index (κ1) is 11.9. The fourth-order valence-corrected chi connectivity index (χ4v) is 1.26. The Labute approximate surface area is 75.9 Å². The normalized spacial score (nSPS) is 14.8.